The summed E-state index contributed by atoms with van der Waals surface area (Å²) in [4.78, 5) is 12.8. The molecule has 0 aliphatic heterocycles. The highest BCUT2D eigenvalue weighted by molar-refractivity contribution is 7.89. The number of rotatable bonds is 8. The molecular formula is C22H28N2O3S. The van der Waals surface area contributed by atoms with Crippen LogP contribution in [0.1, 0.15) is 61.1 Å². The molecule has 5 nitrogen and oxygen atoms in total. The SMILES string of the molecule is CC(C)Cc1ccc(C(C)NC(=O)c2cccc(S(=O)(=O)NC3CC3)c2)cc1. The maximum Gasteiger partial charge on any atom is 0.251 e. The van der Waals surface area contributed by atoms with Crippen LogP contribution in [0.25, 0.3) is 0 Å². The lowest BCUT2D eigenvalue weighted by Gasteiger charge is -2.16. The Labute approximate surface area is 167 Å². The molecule has 2 aromatic rings. The first-order valence-corrected chi connectivity index (χ1v) is 11.2. The molecule has 1 amide bonds. The second-order valence-corrected chi connectivity index (χ2v) is 9.67. The van der Waals surface area contributed by atoms with Crippen LogP contribution in [0.5, 0.6) is 0 Å². The summed E-state index contributed by atoms with van der Waals surface area (Å²) in [6.45, 7) is 6.29. The molecule has 150 valence electrons. The molecule has 28 heavy (non-hydrogen) atoms. The molecule has 3 rings (SSSR count). The molecule has 1 saturated carbocycles. The zero-order valence-electron chi connectivity index (χ0n) is 16.6. The molecule has 2 aromatic carbocycles. The fraction of sp³-hybridized carbons (Fsp3) is 0.409. The van der Waals surface area contributed by atoms with Crippen molar-refractivity contribution in [2.75, 3.05) is 0 Å². The monoisotopic (exact) mass is 400 g/mol. The third-order valence-electron chi connectivity index (χ3n) is 4.78. The number of hydrogen-bond acceptors (Lipinski definition) is 3. The van der Waals surface area contributed by atoms with Crippen molar-refractivity contribution < 1.29 is 13.2 Å². The highest BCUT2D eigenvalue weighted by Crippen LogP contribution is 2.23. The Morgan fingerprint density at radius 2 is 1.75 bits per heavy atom. The summed E-state index contributed by atoms with van der Waals surface area (Å²) >= 11 is 0. The average molecular weight is 401 g/mol. The van der Waals surface area contributed by atoms with Gasteiger partial charge in [-0.3, -0.25) is 4.79 Å². The van der Waals surface area contributed by atoms with Crippen molar-refractivity contribution in [2.24, 2.45) is 5.92 Å². The van der Waals surface area contributed by atoms with Gasteiger partial charge in [0.2, 0.25) is 10.0 Å². The lowest BCUT2D eigenvalue weighted by atomic mass is 10.00. The van der Waals surface area contributed by atoms with Gasteiger partial charge in [-0.25, -0.2) is 13.1 Å². The number of carbonyl (C=O) groups is 1. The minimum Gasteiger partial charge on any atom is -0.346 e. The van der Waals surface area contributed by atoms with Crippen molar-refractivity contribution in [1.82, 2.24) is 10.0 Å². The van der Waals surface area contributed by atoms with Gasteiger partial charge in [0.05, 0.1) is 10.9 Å². The van der Waals surface area contributed by atoms with Gasteiger partial charge in [-0.2, -0.15) is 0 Å². The highest BCUT2D eigenvalue weighted by atomic mass is 32.2. The zero-order valence-corrected chi connectivity index (χ0v) is 17.4. The summed E-state index contributed by atoms with van der Waals surface area (Å²) in [5.74, 6) is 0.308. The van der Waals surface area contributed by atoms with E-state index < -0.39 is 10.0 Å². The van der Waals surface area contributed by atoms with Gasteiger partial charge in [-0.05, 0) is 61.4 Å². The standard InChI is InChI=1S/C22H28N2O3S/c1-15(2)13-17-7-9-18(10-8-17)16(3)23-22(25)19-5-4-6-21(14-19)28(26,27)24-20-11-12-20/h4-10,14-16,20,24H,11-13H2,1-3H3,(H,23,25). The van der Waals surface area contributed by atoms with E-state index in [9.17, 15) is 13.2 Å². The zero-order chi connectivity index (χ0) is 20.3. The number of carbonyl (C=O) groups excluding carboxylic acids is 1. The smallest absolute Gasteiger partial charge is 0.251 e. The summed E-state index contributed by atoms with van der Waals surface area (Å²) in [5.41, 5.74) is 2.63. The van der Waals surface area contributed by atoms with E-state index in [4.69, 9.17) is 0 Å². The van der Waals surface area contributed by atoms with Crippen molar-refractivity contribution in [3.05, 3.63) is 65.2 Å². The second-order valence-electron chi connectivity index (χ2n) is 7.96. The predicted molar refractivity (Wildman–Crippen MR) is 111 cm³/mol. The first kappa shape index (κ1) is 20.6. The lowest BCUT2D eigenvalue weighted by molar-refractivity contribution is 0.0939. The van der Waals surface area contributed by atoms with Crippen LogP contribution in [-0.4, -0.2) is 20.4 Å². The van der Waals surface area contributed by atoms with Crippen molar-refractivity contribution in [3.63, 3.8) is 0 Å². The van der Waals surface area contributed by atoms with E-state index in [0.29, 0.717) is 11.5 Å². The number of sulfonamides is 1. The quantitative estimate of drug-likeness (QED) is 0.707. The van der Waals surface area contributed by atoms with Crippen LogP contribution in [0.3, 0.4) is 0 Å². The number of amides is 1. The number of benzene rings is 2. The van der Waals surface area contributed by atoms with Crippen molar-refractivity contribution in [3.8, 4) is 0 Å². The van der Waals surface area contributed by atoms with Gasteiger partial charge in [0.15, 0.2) is 0 Å². The summed E-state index contributed by atoms with van der Waals surface area (Å²) < 4.78 is 27.4. The topological polar surface area (TPSA) is 75.3 Å². The third-order valence-corrected chi connectivity index (χ3v) is 6.30. The molecule has 0 saturated heterocycles. The van der Waals surface area contributed by atoms with Crippen molar-refractivity contribution >= 4 is 15.9 Å². The maximum atomic E-state index is 12.6. The fourth-order valence-electron chi connectivity index (χ4n) is 3.07. The second kappa shape index (κ2) is 8.45. The van der Waals surface area contributed by atoms with Crippen LogP contribution in [0.2, 0.25) is 0 Å². The molecule has 2 N–H and O–H groups in total. The molecule has 0 heterocycles. The van der Waals surface area contributed by atoms with Crippen molar-refractivity contribution in [1.29, 1.82) is 0 Å². The van der Waals surface area contributed by atoms with Crippen LogP contribution in [0.4, 0.5) is 0 Å². The van der Waals surface area contributed by atoms with Gasteiger partial charge >= 0.3 is 0 Å². The van der Waals surface area contributed by atoms with E-state index in [-0.39, 0.29) is 22.9 Å². The van der Waals surface area contributed by atoms with Crippen molar-refractivity contribution in [2.45, 2.75) is 57.0 Å². The first-order valence-electron chi connectivity index (χ1n) is 9.76. The molecule has 0 aromatic heterocycles. The van der Waals surface area contributed by atoms with Gasteiger partial charge < -0.3 is 5.32 Å². The Bertz CT molecular complexity index is 933. The predicted octanol–water partition coefficient (Wildman–Crippen LogP) is 3.82. The minimum atomic E-state index is -3.58. The van der Waals surface area contributed by atoms with E-state index in [1.165, 1.54) is 17.7 Å². The molecule has 1 aliphatic rings. The molecule has 1 aliphatic carbocycles. The molecular weight excluding hydrogens is 372 g/mol. The van der Waals surface area contributed by atoms with Gasteiger partial charge in [-0.1, -0.05) is 44.2 Å². The van der Waals surface area contributed by atoms with E-state index in [2.05, 4.69) is 36.0 Å². The van der Waals surface area contributed by atoms with E-state index in [1.54, 1.807) is 12.1 Å². The first-order chi connectivity index (χ1) is 13.2. The van der Waals surface area contributed by atoms with Crippen LogP contribution in [0.15, 0.2) is 53.4 Å². The number of hydrogen-bond donors (Lipinski definition) is 2. The molecule has 1 atom stereocenters. The number of nitrogens with one attached hydrogen (secondary N) is 2. The molecule has 1 unspecified atom stereocenters. The fourth-order valence-corrected chi connectivity index (χ4v) is 4.42. The Kier molecular flexibility index (Phi) is 6.20. The average Bonchev–Trinajstić information content (AvgIpc) is 3.45. The molecule has 0 radical (unpaired) electrons. The maximum absolute atomic E-state index is 12.6. The lowest BCUT2D eigenvalue weighted by Crippen LogP contribution is -2.28. The Morgan fingerprint density at radius 1 is 1.07 bits per heavy atom. The minimum absolute atomic E-state index is 0.0289. The summed E-state index contributed by atoms with van der Waals surface area (Å²) in [6, 6.07) is 14.3. The Balaban J connectivity index is 1.67. The third kappa shape index (κ3) is 5.42. The van der Waals surface area contributed by atoms with Crippen LogP contribution in [0, 0.1) is 5.92 Å². The van der Waals surface area contributed by atoms with Crippen LogP contribution in [-0.2, 0) is 16.4 Å². The molecule has 0 bridgehead atoms. The summed E-state index contributed by atoms with van der Waals surface area (Å²) in [7, 11) is -3.58. The molecule has 6 heteroatoms. The van der Waals surface area contributed by atoms with E-state index in [0.717, 1.165) is 24.8 Å². The Morgan fingerprint density at radius 3 is 2.36 bits per heavy atom. The molecule has 0 spiro atoms. The Hall–Kier alpha value is -2.18. The van der Waals surface area contributed by atoms with E-state index in [1.807, 2.05) is 19.1 Å². The highest BCUT2D eigenvalue weighted by Gasteiger charge is 2.28. The summed E-state index contributed by atoms with van der Waals surface area (Å²) in [5, 5.41) is 2.95. The normalized spacial score (nSPS) is 15.4. The van der Waals surface area contributed by atoms with E-state index >= 15 is 0 Å². The van der Waals surface area contributed by atoms with Gasteiger partial charge in [-0.15, -0.1) is 0 Å². The van der Waals surface area contributed by atoms with Gasteiger partial charge in [0.1, 0.15) is 0 Å². The largest absolute Gasteiger partial charge is 0.346 e. The summed E-state index contributed by atoms with van der Waals surface area (Å²) in [6.07, 6.45) is 2.76. The molecule has 1 fully saturated rings. The van der Waals surface area contributed by atoms with Gasteiger partial charge in [0, 0.05) is 11.6 Å². The van der Waals surface area contributed by atoms with Gasteiger partial charge in [0.25, 0.3) is 5.91 Å². The van der Waals surface area contributed by atoms with Crippen LogP contribution >= 0.6 is 0 Å². The van der Waals surface area contributed by atoms with Crippen LogP contribution < -0.4 is 10.0 Å².